The minimum atomic E-state index is -4.32. The van der Waals surface area contributed by atoms with Crippen LogP contribution in [0.5, 0.6) is 0 Å². The van der Waals surface area contributed by atoms with E-state index in [1.807, 2.05) is 0 Å². The van der Waals surface area contributed by atoms with Crippen molar-refractivity contribution in [3.05, 3.63) is 54.0 Å². The minimum absolute atomic E-state index is 0.0493. The van der Waals surface area contributed by atoms with Gasteiger partial charge in [0.1, 0.15) is 0 Å². The summed E-state index contributed by atoms with van der Waals surface area (Å²) in [5, 5.41) is 1.88. The molecule has 3 rings (SSSR count). The lowest BCUT2D eigenvalue weighted by Gasteiger charge is -2.32. The number of aliphatic imine (C=N–C) groups is 1. The lowest BCUT2D eigenvalue weighted by Crippen LogP contribution is -2.43. The maximum Gasteiger partial charge on any atom is 0.401 e. The number of carbonyl (C=O) groups excluding carboxylic acids is 1. The molecule has 1 saturated heterocycles. The van der Waals surface area contributed by atoms with Gasteiger partial charge in [-0.05, 0) is 32.0 Å². The van der Waals surface area contributed by atoms with Gasteiger partial charge in [-0.2, -0.15) is 13.2 Å². The number of halogens is 3. The molecule has 3 heterocycles. The predicted octanol–water partition coefficient (Wildman–Crippen LogP) is 2.04. The number of carbonyl (C=O) groups is 1. The normalized spacial score (nSPS) is 16.9. The zero-order valence-electron chi connectivity index (χ0n) is 18.3. The Hall–Kier alpha value is -3.06. The molecule has 13 heteroatoms. The number of rotatable bonds is 9. The van der Waals surface area contributed by atoms with Crippen LogP contribution in [-0.4, -0.2) is 84.0 Å². The Balaban J connectivity index is 1.52. The number of imidazole rings is 1. The predicted molar refractivity (Wildman–Crippen MR) is 121 cm³/mol. The molecule has 0 bridgehead atoms. The number of alkyl halides is 3. The van der Waals surface area contributed by atoms with E-state index in [2.05, 4.69) is 26.9 Å². The third kappa shape index (κ3) is 6.73. The summed E-state index contributed by atoms with van der Waals surface area (Å²) >= 11 is 0. The fraction of sp³-hybridized carbons (Fsp3) is 0.429. The first kappa shape index (κ1) is 25.6. The van der Waals surface area contributed by atoms with Crippen LogP contribution < -0.4 is 5.32 Å². The smallest absolute Gasteiger partial charge is 0.350 e. The number of amides is 1. The first-order valence-corrected chi connectivity index (χ1v) is 12.1. The zero-order valence-corrected chi connectivity index (χ0v) is 19.1. The molecule has 1 aliphatic rings. The van der Waals surface area contributed by atoms with Crippen LogP contribution in [0, 0.1) is 0 Å². The third-order valence-corrected chi connectivity index (χ3v) is 7.49. The second-order valence-corrected chi connectivity index (χ2v) is 9.94. The van der Waals surface area contributed by atoms with Crippen LogP contribution in [0.1, 0.15) is 23.2 Å². The maximum absolute atomic E-state index is 13.0. The Morgan fingerprint density at radius 3 is 2.71 bits per heavy atom. The van der Waals surface area contributed by atoms with Crippen molar-refractivity contribution in [3.63, 3.8) is 0 Å². The highest BCUT2D eigenvalue weighted by Gasteiger charge is 2.36. The lowest BCUT2D eigenvalue weighted by molar-refractivity contribution is -0.147. The fourth-order valence-corrected chi connectivity index (χ4v) is 5.30. The summed E-state index contributed by atoms with van der Waals surface area (Å²) in [6.07, 6.45) is 5.94. The van der Waals surface area contributed by atoms with Gasteiger partial charge >= 0.3 is 6.18 Å². The number of hydrogen-bond donors (Lipinski definition) is 1. The van der Waals surface area contributed by atoms with Crippen molar-refractivity contribution < 1.29 is 26.4 Å². The molecule has 34 heavy (non-hydrogen) atoms. The number of allylic oxidation sites excluding steroid dienone is 3. The van der Waals surface area contributed by atoms with Gasteiger partial charge in [0.25, 0.3) is 5.91 Å². The highest BCUT2D eigenvalue weighted by molar-refractivity contribution is 7.96. The van der Waals surface area contributed by atoms with Gasteiger partial charge in [-0.25, -0.2) is 18.4 Å². The molecule has 0 unspecified atom stereocenters. The van der Waals surface area contributed by atoms with Gasteiger partial charge in [0.05, 0.1) is 28.8 Å². The molecule has 0 aliphatic carbocycles. The van der Waals surface area contributed by atoms with E-state index in [4.69, 9.17) is 0 Å². The van der Waals surface area contributed by atoms with Gasteiger partial charge in [0.15, 0.2) is 9.84 Å². The van der Waals surface area contributed by atoms with Crippen LogP contribution >= 0.6 is 0 Å². The van der Waals surface area contributed by atoms with E-state index in [1.54, 1.807) is 23.0 Å². The van der Waals surface area contributed by atoms with Gasteiger partial charge in [-0.15, -0.1) is 0 Å². The van der Waals surface area contributed by atoms with E-state index < -0.39 is 27.8 Å². The van der Waals surface area contributed by atoms with Crippen molar-refractivity contribution in [2.24, 2.45) is 4.99 Å². The number of aromatic nitrogens is 3. The van der Waals surface area contributed by atoms with E-state index in [9.17, 15) is 26.4 Å². The summed E-state index contributed by atoms with van der Waals surface area (Å²) in [6.45, 7) is 2.86. The molecule has 0 spiro atoms. The molecule has 1 aliphatic heterocycles. The largest absolute Gasteiger partial charge is 0.401 e. The van der Waals surface area contributed by atoms with Crippen molar-refractivity contribution in [2.45, 2.75) is 24.3 Å². The summed E-state index contributed by atoms with van der Waals surface area (Å²) in [5.41, 5.74) is 0.334. The maximum atomic E-state index is 13.0. The molecular formula is C21H25F3N6O3S. The van der Waals surface area contributed by atoms with Gasteiger partial charge in [0, 0.05) is 37.5 Å². The number of likely N-dealkylation sites (tertiary alicyclic amines) is 1. The summed E-state index contributed by atoms with van der Waals surface area (Å²) < 4.78 is 65.3. The second kappa shape index (κ2) is 10.9. The molecule has 2 aromatic heterocycles. The van der Waals surface area contributed by atoms with Crippen LogP contribution in [0.2, 0.25) is 0 Å². The van der Waals surface area contributed by atoms with Crippen molar-refractivity contribution in [2.75, 3.05) is 32.7 Å². The Morgan fingerprint density at radius 2 is 2.03 bits per heavy atom. The van der Waals surface area contributed by atoms with Gasteiger partial charge in [-0.1, -0.05) is 12.7 Å². The van der Waals surface area contributed by atoms with Crippen LogP contribution in [0.3, 0.4) is 0 Å². The monoisotopic (exact) mass is 498 g/mol. The molecule has 1 fully saturated rings. The molecule has 1 amide bonds. The summed E-state index contributed by atoms with van der Waals surface area (Å²) in [5.74, 6) is 0.105. The van der Waals surface area contributed by atoms with Gasteiger partial charge in [-0.3, -0.25) is 19.1 Å². The minimum Gasteiger partial charge on any atom is -0.350 e. The van der Waals surface area contributed by atoms with E-state index in [0.29, 0.717) is 11.3 Å². The number of nitrogens with zero attached hydrogens (tertiary/aromatic N) is 5. The number of piperidine rings is 1. The fourth-order valence-electron chi connectivity index (χ4n) is 3.58. The van der Waals surface area contributed by atoms with E-state index >= 15 is 0 Å². The summed E-state index contributed by atoms with van der Waals surface area (Å²) in [4.78, 5) is 25.6. The first-order chi connectivity index (χ1) is 16.1. The van der Waals surface area contributed by atoms with Crippen molar-refractivity contribution in [1.29, 1.82) is 0 Å². The average molecular weight is 499 g/mol. The van der Waals surface area contributed by atoms with E-state index in [-0.39, 0.29) is 49.8 Å². The Bertz CT molecular complexity index is 1180. The van der Waals surface area contributed by atoms with Crippen LogP contribution in [0.4, 0.5) is 13.2 Å². The zero-order chi connectivity index (χ0) is 24.8. The van der Waals surface area contributed by atoms with Crippen molar-refractivity contribution >= 4 is 27.7 Å². The number of nitrogens with one attached hydrogen (secondary N) is 1. The second-order valence-electron chi connectivity index (χ2n) is 7.71. The lowest BCUT2D eigenvalue weighted by atomic mass is 10.1. The topological polar surface area (TPSA) is 109 Å². The third-order valence-electron chi connectivity index (χ3n) is 5.24. The number of hydrogen-bond acceptors (Lipinski definition) is 7. The quantitative estimate of drug-likeness (QED) is 0.322. The molecular weight excluding hydrogens is 473 g/mol. The Morgan fingerprint density at radius 1 is 1.29 bits per heavy atom. The summed E-state index contributed by atoms with van der Waals surface area (Å²) in [6, 6.07) is 0. The Kier molecular flexibility index (Phi) is 8.20. The van der Waals surface area contributed by atoms with Crippen LogP contribution in [0.25, 0.3) is 5.78 Å². The van der Waals surface area contributed by atoms with Crippen LogP contribution in [0.15, 0.2) is 53.4 Å². The molecule has 0 saturated carbocycles. The van der Waals surface area contributed by atoms with Gasteiger partial charge in [0.2, 0.25) is 5.78 Å². The molecule has 0 aromatic carbocycles. The summed E-state index contributed by atoms with van der Waals surface area (Å²) in [7, 11) is -3.79. The molecule has 9 nitrogen and oxygen atoms in total. The Labute approximate surface area is 195 Å². The van der Waals surface area contributed by atoms with Crippen molar-refractivity contribution in [3.8, 4) is 0 Å². The van der Waals surface area contributed by atoms with Crippen molar-refractivity contribution in [1.82, 2.24) is 24.6 Å². The standard InChI is InChI=1S/C21H25F3N6O3S/c1-2-3-18(34(32,33)17-4-9-29(10-5-17)15-21(22,23)24)13-25-6-7-26-19(31)16-12-28-20-27-8-11-30(20)14-16/h2-3,8,11-14,17H,1,4-7,9-10,15H2,(H,26,31)/b18-3+,25-13-. The van der Waals surface area contributed by atoms with Crippen LogP contribution in [-0.2, 0) is 9.84 Å². The van der Waals surface area contributed by atoms with E-state index in [0.717, 1.165) is 0 Å². The highest BCUT2D eigenvalue weighted by Crippen LogP contribution is 2.25. The first-order valence-electron chi connectivity index (χ1n) is 10.5. The molecule has 0 radical (unpaired) electrons. The molecule has 0 atom stereocenters. The van der Waals surface area contributed by atoms with E-state index in [1.165, 1.54) is 29.5 Å². The molecule has 1 N–H and O–H groups in total. The number of fused-ring (bicyclic) bond motifs is 1. The van der Waals surface area contributed by atoms with Gasteiger partial charge < -0.3 is 5.32 Å². The SMILES string of the molecule is C=C/C=C(\C=N/CCNC(=O)c1cnc2nccn2c1)S(=O)(=O)C1CCN(CC(F)(F)F)CC1. The average Bonchev–Trinajstić information content (AvgIpc) is 3.25. The molecule has 2 aromatic rings. The highest BCUT2D eigenvalue weighted by atomic mass is 32.2. The number of sulfone groups is 1. The molecule has 184 valence electrons.